The van der Waals surface area contributed by atoms with Gasteiger partial charge in [0.15, 0.2) is 0 Å². The molecule has 2 fully saturated rings. The SMILES string of the molecule is O=C1COC(C2CCNC2)CN1c1cccc(F)c1. The maximum Gasteiger partial charge on any atom is 0.253 e. The van der Waals surface area contributed by atoms with Gasteiger partial charge >= 0.3 is 0 Å². The lowest BCUT2D eigenvalue weighted by molar-refractivity contribution is -0.131. The summed E-state index contributed by atoms with van der Waals surface area (Å²) in [5.41, 5.74) is 0.615. The maximum atomic E-state index is 13.3. The van der Waals surface area contributed by atoms with Crippen molar-refractivity contribution in [2.45, 2.75) is 12.5 Å². The molecule has 0 bridgehead atoms. The van der Waals surface area contributed by atoms with E-state index in [1.165, 1.54) is 12.1 Å². The van der Waals surface area contributed by atoms with Crippen LogP contribution < -0.4 is 10.2 Å². The van der Waals surface area contributed by atoms with Crippen molar-refractivity contribution in [2.24, 2.45) is 5.92 Å². The van der Waals surface area contributed by atoms with Gasteiger partial charge in [-0.25, -0.2) is 4.39 Å². The molecule has 0 aliphatic carbocycles. The zero-order chi connectivity index (χ0) is 13.2. The van der Waals surface area contributed by atoms with Crippen LogP contribution in [0.4, 0.5) is 10.1 Å². The lowest BCUT2D eigenvalue weighted by Gasteiger charge is -2.35. The Labute approximate surface area is 111 Å². The molecule has 1 aromatic carbocycles. The van der Waals surface area contributed by atoms with Crippen LogP contribution in [0.5, 0.6) is 0 Å². The van der Waals surface area contributed by atoms with Crippen molar-refractivity contribution in [3.05, 3.63) is 30.1 Å². The van der Waals surface area contributed by atoms with Gasteiger partial charge in [-0.1, -0.05) is 6.07 Å². The number of anilines is 1. The Bertz CT molecular complexity index is 474. The molecule has 0 spiro atoms. The number of ether oxygens (including phenoxy) is 1. The van der Waals surface area contributed by atoms with Crippen LogP contribution in [-0.2, 0) is 9.53 Å². The van der Waals surface area contributed by atoms with Crippen LogP contribution in [0.1, 0.15) is 6.42 Å². The molecule has 2 atom stereocenters. The Morgan fingerprint density at radius 2 is 2.32 bits per heavy atom. The molecule has 2 saturated heterocycles. The monoisotopic (exact) mass is 264 g/mol. The van der Waals surface area contributed by atoms with E-state index in [4.69, 9.17) is 4.74 Å². The van der Waals surface area contributed by atoms with Gasteiger partial charge in [-0.3, -0.25) is 4.79 Å². The molecule has 4 nitrogen and oxygen atoms in total. The summed E-state index contributed by atoms with van der Waals surface area (Å²) in [6.45, 7) is 2.51. The van der Waals surface area contributed by atoms with Gasteiger partial charge in [-0.2, -0.15) is 0 Å². The third kappa shape index (κ3) is 2.62. The van der Waals surface area contributed by atoms with Crippen molar-refractivity contribution in [2.75, 3.05) is 31.1 Å². The standard InChI is InChI=1S/C14H17FN2O2/c15-11-2-1-3-12(6-11)17-8-13(19-9-14(17)18)10-4-5-16-7-10/h1-3,6,10,13,16H,4-5,7-9H2. The van der Waals surface area contributed by atoms with Crippen LogP contribution in [0.3, 0.4) is 0 Å². The number of hydrogen-bond donors (Lipinski definition) is 1. The Kier molecular flexibility index (Phi) is 3.48. The van der Waals surface area contributed by atoms with Gasteiger partial charge in [0, 0.05) is 18.2 Å². The quantitative estimate of drug-likeness (QED) is 0.871. The van der Waals surface area contributed by atoms with Gasteiger partial charge in [0.25, 0.3) is 5.91 Å². The minimum atomic E-state index is -0.323. The van der Waals surface area contributed by atoms with Gasteiger partial charge in [0.05, 0.1) is 12.6 Å². The number of halogens is 1. The Hall–Kier alpha value is -1.46. The van der Waals surface area contributed by atoms with E-state index in [1.807, 2.05) is 0 Å². The zero-order valence-corrected chi connectivity index (χ0v) is 10.6. The summed E-state index contributed by atoms with van der Waals surface area (Å²) in [6.07, 6.45) is 1.10. The minimum absolute atomic E-state index is 0.0379. The Morgan fingerprint density at radius 3 is 3.05 bits per heavy atom. The second-order valence-corrected chi connectivity index (χ2v) is 5.09. The van der Waals surface area contributed by atoms with Gasteiger partial charge in [0.2, 0.25) is 0 Å². The van der Waals surface area contributed by atoms with E-state index in [1.54, 1.807) is 17.0 Å². The molecule has 2 aliphatic rings. The summed E-state index contributed by atoms with van der Waals surface area (Å²) >= 11 is 0. The smallest absolute Gasteiger partial charge is 0.253 e. The minimum Gasteiger partial charge on any atom is -0.366 e. The number of nitrogens with one attached hydrogen (secondary N) is 1. The normalized spacial score (nSPS) is 27.8. The van der Waals surface area contributed by atoms with Crippen LogP contribution in [-0.4, -0.2) is 38.3 Å². The predicted molar refractivity (Wildman–Crippen MR) is 69.5 cm³/mol. The third-order valence-corrected chi connectivity index (χ3v) is 3.83. The fourth-order valence-electron chi connectivity index (χ4n) is 2.76. The highest BCUT2D eigenvalue weighted by Gasteiger charge is 2.34. The molecule has 0 radical (unpaired) electrons. The highest BCUT2D eigenvalue weighted by molar-refractivity contribution is 5.94. The molecule has 2 heterocycles. The molecule has 1 amide bonds. The molecule has 0 saturated carbocycles. The van der Waals surface area contributed by atoms with Gasteiger partial charge in [0.1, 0.15) is 12.4 Å². The van der Waals surface area contributed by atoms with Crippen molar-refractivity contribution in [1.29, 1.82) is 0 Å². The molecular formula is C14H17FN2O2. The molecule has 1 N–H and O–H groups in total. The number of carbonyl (C=O) groups excluding carboxylic acids is 1. The first-order valence-electron chi connectivity index (χ1n) is 6.62. The van der Waals surface area contributed by atoms with Crippen molar-refractivity contribution in [1.82, 2.24) is 5.32 Å². The lowest BCUT2D eigenvalue weighted by Crippen LogP contribution is -2.49. The number of benzene rings is 1. The van der Waals surface area contributed by atoms with Gasteiger partial charge in [-0.05, 0) is 31.2 Å². The van der Waals surface area contributed by atoms with Crippen molar-refractivity contribution in [3.63, 3.8) is 0 Å². The predicted octanol–water partition coefficient (Wildman–Crippen LogP) is 1.17. The fourth-order valence-corrected chi connectivity index (χ4v) is 2.76. The van der Waals surface area contributed by atoms with Gasteiger partial charge in [-0.15, -0.1) is 0 Å². The summed E-state index contributed by atoms with van der Waals surface area (Å²) in [5.74, 6) is 0.00726. The van der Waals surface area contributed by atoms with Crippen LogP contribution in [0.15, 0.2) is 24.3 Å². The highest BCUT2D eigenvalue weighted by atomic mass is 19.1. The summed E-state index contributed by atoms with van der Waals surface area (Å²) in [4.78, 5) is 13.6. The molecule has 2 aliphatic heterocycles. The molecule has 3 rings (SSSR count). The Morgan fingerprint density at radius 1 is 1.42 bits per heavy atom. The first-order chi connectivity index (χ1) is 9.24. The number of nitrogens with zero attached hydrogens (tertiary/aromatic N) is 1. The molecular weight excluding hydrogens is 247 g/mol. The van der Waals surface area contributed by atoms with E-state index in [-0.39, 0.29) is 24.4 Å². The third-order valence-electron chi connectivity index (χ3n) is 3.83. The van der Waals surface area contributed by atoms with Crippen LogP contribution >= 0.6 is 0 Å². The summed E-state index contributed by atoms with van der Waals surface area (Å²) in [5, 5.41) is 3.30. The van der Waals surface area contributed by atoms with E-state index >= 15 is 0 Å². The molecule has 2 unspecified atom stereocenters. The van der Waals surface area contributed by atoms with E-state index in [0.29, 0.717) is 18.2 Å². The highest BCUT2D eigenvalue weighted by Crippen LogP contribution is 2.24. The molecule has 0 aromatic heterocycles. The summed E-state index contributed by atoms with van der Waals surface area (Å²) in [6, 6.07) is 6.16. The van der Waals surface area contributed by atoms with Gasteiger partial charge < -0.3 is 15.0 Å². The van der Waals surface area contributed by atoms with E-state index < -0.39 is 0 Å². The average Bonchev–Trinajstić information content (AvgIpc) is 2.93. The second kappa shape index (κ2) is 5.27. The van der Waals surface area contributed by atoms with Crippen molar-refractivity contribution >= 4 is 11.6 Å². The number of amides is 1. The van der Waals surface area contributed by atoms with E-state index in [2.05, 4.69) is 5.32 Å². The van der Waals surface area contributed by atoms with Crippen molar-refractivity contribution in [3.8, 4) is 0 Å². The van der Waals surface area contributed by atoms with Crippen LogP contribution in [0.25, 0.3) is 0 Å². The van der Waals surface area contributed by atoms with Crippen molar-refractivity contribution < 1.29 is 13.9 Å². The topological polar surface area (TPSA) is 41.6 Å². The first-order valence-corrected chi connectivity index (χ1v) is 6.62. The summed E-state index contributed by atoms with van der Waals surface area (Å²) < 4.78 is 18.9. The van der Waals surface area contributed by atoms with E-state index in [0.717, 1.165) is 19.5 Å². The zero-order valence-electron chi connectivity index (χ0n) is 10.6. The Balaban J connectivity index is 1.77. The maximum absolute atomic E-state index is 13.3. The number of morpholine rings is 1. The number of carbonyl (C=O) groups is 1. The second-order valence-electron chi connectivity index (χ2n) is 5.09. The summed E-state index contributed by atoms with van der Waals surface area (Å²) in [7, 11) is 0. The van der Waals surface area contributed by atoms with Crippen LogP contribution in [0, 0.1) is 11.7 Å². The van der Waals surface area contributed by atoms with E-state index in [9.17, 15) is 9.18 Å². The average molecular weight is 264 g/mol. The lowest BCUT2D eigenvalue weighted by atomic mass is 9.99. The molecule has 5 heteroatoms. The number of hydrogen-bond acceptors (Lipinski definition) is 3. The molecule has 102 valence electrons. The van der Waals surface area contributed by atoms with Crippen LogP contribution in [0.2, 0.25) is 0 Å². The largest absolute Gasteiger partial charge is 0.366 e. The molecule has 19 heavy (non-hydrogen) atoms. The number of rotatable bonds is 2. The fraction of sp³-hybridized carbons (Fsp3) is 0.500. The molecule has 1 aromatic rings. The first kappa shape index (κ1) is 12.6.